The molecule has 3 aromatic rings. The normalized spacial score (nSPS) is 17.7. The first-order valence-corrected chi connectivity index (χ1v) is 6.75. The van der Waals surface area contributed by atoms with Crippen LogP contribution in [0, 0.1) is 0 Å². The lowest BCUT2D eigenvalue weighted by Gasteiger charge is -2.05. The lowest BCUT2D eigenvalue weighted by Crippen LogP contribution is -2.02. The molecule has 1 aromatic heterocycles. The highest BCUT2D eigenvalue weighted by molar-refractivity contribution is 8.00. The van der Waals surface area contributed by atoms with Crippen molar-refractivity contribution < 1.29 is 0 Å². The lowest BCUT2D eigenvalue weighted by atomic mass is 10.3. The molecule has 0 bridgehead atoms. The molecule has 2 heterocycles. The number of rotatable bonds is 1. The number of hydrogen-bond donors (Lipinski definition) is 2. The fourth-order valence-corrected chi connectivity index (χ4v) is 3.28. The smallest absolute Gasteiger partial charge is 0.140 e. The Bertz CT molecular complexity index is 662. The Morgan fingerprint density at radius 2 is 1.83 bits per heavy atom. The molecule has 0 radical (unpaired) electrons. The third kappa shape index (κ3) is 1.49. The van der Waals surface area contributed by atoms with Crippen molar-refractivity contribution in [3.8, 4) is 0 Å². The Kier molecular flexibility index (Phi) is 2.11. The van der Waals surface area contributed by atoms with Gasteiger partial charge in [-0.05, 0) is 24.3 Å². The number of imidazole rings is 1. The standard InChI is InChI=1S/C14H11N3S/c1-2-6-10-9(5-1)15-13(16-10)14-17-11-7-3-4-8-12(11)18-14/h1-8,14,17H,(H,15,16)/t14-/m1/s1. The predicted molar refractivity (Wildman–Crippen MR) is 74.8 cm³/mol. The molecule has 2 aromatic carbocycles. The number of nitrogens with zero attached hydrogens (tertiary/aromatic N) is 1. The molecule has 88 valence electrons. The van der Waals surface area contributed by atoms with Crippen LogP contribution in [-0.2, 0) is 0 Å². The topological polar surface area (TPSA) is 40.7 Å². The van der Waals surface area contributed by atoms with Crippen LogP contribution in [0.25, 0.3) is 11.0 Å². The lowest BCUT2D eigenvalue weighted by molar-refractivity contribution is 0.999. The zero-order valence-corrected chi connectivity index (χ0v) is 10.4. The van der Waals surface area contributed by atoms with Gasteiger partial charge in [0.25, 0.3) is 0 Å². The highest BCUT2D eigenvalue weighted by Gasteiger charge is 2.24. The summed E-state index contributed by atoms with van der Waals surface area (Å²) in [4.78, 5) is 9.30. The van der Waals surface area contributed by atoms with Crippen LogP contribution in [0.15, 0.2) is 53.4 Å². The van der Waals surface area contributed by atoms with Crippen molar-refractivity contribution in [2.45, 2.75) is 10.3 Å². The summed E-state index contributed by atoms with van der Waals surface area (Å²) in [6.45, 7) is 0. The Labute approximate surface area is 109 Å². The van der Waals surface area contributed by atoms with E-state index in [4.69, 9.17) is 0 Å². The molecule has 4 heteroatoms. The summed E-state index contributed by atoms with van der Waals surface area (Å²) in [6.07, 6.45) is 0. The van der Waals surface area contributed by atoms with Gasteiger partial charge < -0.3 is 10.3 Å². The first-order valence-electron chi connectivity index (χ1n) is 5.87. The molecular weight excluding hydrogens is 242 g/mol. The Morgan fingerprint density at radius 3 is 2.72 bits per heavy atom. The Balaban J connectivity index is 1.73. The van der Waals surface area contributed by atoms with Gasteiger partial charge in [-0.25, -0.2) is 4.98 Å². The first-order chi connectivity index (χ1) is 8.90. The van der Waals surface area contributed by atoms with E-state index in [0.717, 1.165) is 16.9 Å². The number of thioether (sulfide) groups is 1. The maximum Gasteiger partial charge on any atom is 0.140 e. The highest BCUT2D eigenvalue weighted by atomic mass is 32.2. The van der Waals surface area contributed by atoms with Crippen LogP contribution in [0.3, 0.4) is 0 Å². The van der Waals surface area contributed by atoms with E-state index in [-0.39, 0.29) is 5.37 Å². The van der Waals surface area contributed by atoms with Crippen LogP contribution in [0.2, 0.25) is 0 Å². The minimum absolute atomic E-state index is 0.176. The molecule has 1 atom stereocenters. The maximum atomic E-state index is 4.64. The molecule has 0 aliphatic carbocycles. The van der Waals surface area contributed by atoms with Gasteiger partial charge in [-0.15, -0.1) is 0 Å². The second-order valence-electron chi connectivity index (χ2n) is 4.28. The Morgan fingerprint density at radius 1 is 1.00 bits per heavy atom. The van der Waals surface area contributed by atoms with Gasteiger partial charge in [-0.3, -0.25) is 0 Å². The molecule has 0 saturated heterocycles. The maximum absolute atomic E-state index is 4.64. The number of aromatic nitrogens is 2. The number of para-hydroxylation sites is 3. The number of H-pyrrole nitrogens is 1. The van der Waals surface area contributed by atoms with Crippen LogP contribution in [-0.4, -0.2) is 9.97 Å². The molecule has 2 N–H and O–H groups in total. The molecule has 3 nitrogen and oxygen atoms in total. The van der Waals surface area contributed by atoms with E-state index in [1.807, 2.05) is 24.3 Å². The number of fused-ring (bicyclic) bond motifs is 2. The second kappa shape index (κ2) is 3.78. The summed E-state index contributed by atoms with van der Waals surface area (Å²) >= 11 is 1.80. The molecule has 18 heavy (non-hydrogen) atoms. The van der Waals surface area contributed by atoms with Crippen LogP contribution >= 0.6 is 11.8 Å². The van der Waals surface area contributed by atoms with Crippen molar-refractivity contribution in [2.75, 3.05) is 5.32 Å². The van der Waals surface area contributed by atoms with Crippen molar-refractivity contribution in [1.29, 1.82) is 0 Å². The van der Waals surface area contributed by atoms with Crippen LogP contribution < -0.4 is 5.32 Å². The molecule has 4 rings (SSSR count). The third-order valence-corrected chi connectivity index (χ3v) is 4.26. The van der Waals surface area contributed by atoms with Crippen molar-refractivity contribution in [1.82, 2.24) is 9.97 Å². The number of hydrogen-bond acceptors (Lipinski definition) is 3. The van der Waals surface area contributed by atoms with E-state index >= 15 is 0 Å². The molecule has 0 fully saturated rings. The molecular formula is C14H11N3S. The van der Waals surface area contributed by atoms with Gasteiger partial charge in [0.1, 0.15) is 11.2 Å². The number of anilines is 1. The van der Waals surface area contributed by atoms with Crippen molar-refractivity contribution >= 4 is 28.5 Å². The van der Waals surface area contributed by atoms with Crippen LogP contribution in [0.5, 0.6) is 0 Å². The molecule has 0 saturated carbocycles. The highest BCUT2D eigenvalue weighted by Crippen LogP contribution is 2.45. The van der Waals surface area contributed by atoms with Crippen molar-refractivity contribution in [3.63, 3.8) is 0 Å². The van der Waals surface area contributed by atoms with E-state index in [1.54, 1.807) is 11.8 Å². The summed E-state index contributed by atoms with van der Waals surface area (Å²) in [7, 11) is 0. The Hall–Kier alpha value is -1.94. The zero-order valence-electron chi connectivity index (χ0n) is 9.55. The van der Waals surface area contributed by atoms with Crippen molar-refractivity contribution in [2.24, 2.45) is 0 Å². The monoisotopic (exact) mass is 253 g/mol. The van der Waals surface area contributed by atoms with Crippen molar-refractivity contribution in [3.05, 3.63) is 54.4 Å². The number of aromatic amines is 1. The summed E-state index contributed by atoms with van der Waals surface area (Å²) in [5, 5.41) is 3.66. The molecule has 0 amide bonds. The van der Waals surface area contributed by atoms with Gasteiger partial charge in [0.15, 0.2) is 0 Å². The average Bonchev–Trinajstić information content (AvgIpc) is 3.02. The number of benzene rings is 2. The van der Waals surface area contributed by atoms with Gasteiger partial charge in [-0.2, -0.15) is 0 Å². The SMILES string of the molecule is c1ccc2c(c1)N[C@@H](c1nc3ccccc3[nH]1)S2. The first kappa shape index (κ1) is 10.0. The minimum atomic E-state index is 0.176. The van der Waals surface area contributed by atoms with E-state index in [2.05, 4.69) is 39.6 Å². The largest absolute Gasteiger partial charge is 0.366 e. The zero-order chi connectivity index (χ0) is 11.9. The quantitative estimate of drug-likeness (QED) is 0.693. The summed E-state index contributed by atoms with van der Waals surface area (Å²) in [6, 6.07) is 16.5. The van der Waals surface area contributed by atoms with Crippen LogP contribution in [0.4, 0.5) is 5.69 Å². The summed E-state index contributed by atoms with van der Waals surface area (Å²) in [5.41, 5.74) is 3.30. The molecule has 0 spiro atoms. The van der Waals surface area contributed by atoms with Gasteiger partial charge >= 0.3 is 0 Å². The fourth-order valence-electron chi connectivity index (χ4n) is 2.21. The van der Waals surface area contributed by atoms with E-state index in [1.165, 1.54) is 10.6 Å². The average molecular weight is 253 g/mol. The van der Waals surface area contributed by atoms with Gasteiger partial charge in [0.2, 0.25) is 0 Å². The number of nitrogens with one attached hydrogen (secondary N) is 2. The second-order valence-corrected chi connectivity index (χ2v) is 5.42. The van der Waals surface area contributed by atoms with Gasteiger partial charge in [0.05, 0.1) is 11.0 Å². The molecule has 1 aliphatic heterocycles. The summed E-state index contributed by atoms with van der Waals surface area (Å²) in [5.74, 6) is 0.984. The van der Waals surface area contributed by atoms with E-state index < -0.39 is 0 Å². The van der Waals surface area contributed by atoms with E-state index in [9.17, 15) is 0 Å². The van der Waals surface area contributed by atoms with E-state index in [0.29, 0.717) is 0 Å². The minimum Gasteiger partial charge on any atom is -0.366 e. The predicted octanol–water partition coefficient (Wildman–Crippen LogP) is 3.78. The fraction of sp³-hybridized carbons (Fsp3) is 0.0714. The third-order valence-electron chi connectivity index (χ3n) is 3.07. The molecule has 0 unspecified atom stereocenters. The van der Waals surface area contributed by atoms with Gasteiger partial charge in [0, 0.05) is 10.6 Å². The van der Waals surface area contributed by atoms with Gasteiger partial charge in [-0.1, -0.05) is 36.0 Å². The van der Waals surface area contributed by atoms with Crippen LogP contribution in [0.1, 0.15) is 11.2 Å². The molecule has 1 aliphatic rings. The summed E-state index contributed by atoms with van der Waals surface area (Å²) < 4.78 is 0.